The van der Waals surface area contributed by atoms with Gasteiger partial charge in [0.05, 0.1) is 28.7 Å². The minimum atomic E-state index is -1.56. The van der Waals surface area contributed by atoms with E-state index in [1.54, 1.807) is 6.07 Å². The van der Waals surface area contributed by atoms with Gasteiger partial charge in [-0.3, -0.25) is 14.6 Å². The average Bonchev–Trinajstić information content (AvgIpc) is 2.84. The molecule has 2 aromatic heterocycles. The first-order valence-electron chi connectivity index (χ1n) is 10.3. The van der Waals surface area contributed by atoms with Crippen LogP contribution in [0, 0.1) is 28.8 Å². The summed E-state index contributed by atoms with van der Waals surface area (Å²) in [7, 11) is 0. The van der Waals surface area contributed by atoms with Gasteiger partial charge in [0.25, 0.3) is 5.56 Å². The van der Waals surface area contributed by atoms with Gasteiger partial charge in [0.1, 0.15) is 29.6 Å². The summed E-state index contributed by atoms with van der Waals surface area (Å²) in [5.74, 6) is -3.14. The van der Waals surface area contributed by atoms with Gasteiger partial charge in [0, 0.05) is 12.6 Å². The molecule has 2 N–H and O–H groups in total. The van der Waals surface area contributed by atoms with E-state index >= 15 is 0 Å². The molecule has 0 bridgehead atoms. The minimum absolute atomic E-state index is 0.0171. The van der Waals surface area contributed by atoms with Gasteiger partial charge in [-0.25, -0.2) is 22.5 Å². The number of carbonyl (C=O) groups excluding carboxylic acids is 1. The average molecular weight is 479 g/mol. The standard InChI is InChI=1S/C24H16F3N5O3/c25-15-5-6-19-16(9-15)23(34)32(24(35)31-19)21(8-14-3-1-2-4-17(14)26)22(33)30-12-20-18(27)7-13(10-28)11-29-20/h1-7,9,11,21H,8,12H2,(H,30,33)(H,31,35). The van der Waals surface area contributed by atoms with Crippen molar-refractivity contribution in [1.29, 1.82) is 5.26 Å². The maximum atomic E-state index is 14.4. The Morgan fingerprint density at radius 1 is 1.11 bits per heavy atom. The lowest BCUT2D eigenvalue weighted by Gasteiger charge is -2.19. The van der Waals surface area contributed by atoms with Crippen LogP contribution < -0.4 is 16.6 Å². The van der Waals surface area contributed by atoms with Crippen molar-refractivity contribution < 1.29 is 18.0 Å². The van der Waals surface area contributed by atoms with Crippen LogP contribution in [0.25, 0.3) is 10.9 Å². The summed E-state index contributed by atoms with van der Waals surface area (Å²) >= 11 is 0. The molecule has 1 unspecified atom stereocenters. The number of rotatable bonds is 6. The number of carbonyl (C=O) groups is 1. The topological polar surface area (TPSA) is 121 Å². The molecule has 8 nitrogen and oxygen atoms in total. The predicted molar refractivity (Wildman–Crippen MR) is 119 cm³/mol. The fraction of sp³-hybridized carbons (Fsp3) is 0.125. The van der Waals surface area contributed by atoms with Crippen molar-refractivity contribution in [2.45, 2.75) is 19.0 Å². The van der Waals surface area contributed by atoms with E-state index in [2.05, 4.69) is 15.3 Å². The molecule has 4 rings (SSSR count). The van der Waals surface area contributed by atoms with Crippen LogP contribution in [0.1, 0.15) is 22.9 Å². The second-order valence-electron chi connectivity index (χ2n) is 7.59. The zero-order valence-electron chi connectivity index (χ0n) is 17.9. The summed E-state index contributed by atoms with van der Waals surface area (Å²) in [6.07, 6.45) is 0.722. The number of pyridine rings is 1. The zero-order valence-corrected chi connectivity index (χ0v) is 17.9. The van der Waals surface area contributed by atoms with Gasteiger partial charge in [0.2, 0.25) is 5.91 Å². The largest absolute Gasteiger partial charge is 0.349 e. The maximum Gasteiger partial charge on any atom is 0.329 e. The van der Waals surface area contributed by atoms with E-state index in [1.165, 1.54) is 24.3 Å². The lowest BCUT2D eigenvalue weighted by atomic mass is 10.0. The number of aromatic amines is 1. The molecule has 0 saturated heterocycles. The van der Waals surface area contributed by atoms with Crippen molar-refractivity contribution in [3.63, 3.8) is 0 Å². The number of hydrogen-bond donors (Lipinski definition) is 2. The molecule has 0 spiro atoms. The Balaban J connectivity index is 1.75. The van der Waals surface area contributed by atoms with Crippen molar-refractivity contribution in [3.8, 4) is 6.07 Å². The second-order valence-corrected chi connectivity index (χ2v) is 7.59. The van der Waals surface area contributed by atoms with Crippen LogP contribution in [0.3, 0.4) is 0 Å². The SMILES string of the molecule is N#Cc1cnc(CNC(=O)C(Cc2ccccc2F)n2c(=O)[nH]c3ccc(F)cc3c2=O)c(F)c1. The summed E-state index contributed by atoms with van der Waals surface area (Å²) in [6, 6.07) is 9.80. The highest BCUT2D eigenvalue weighted by Gasteiger charge is 2.27. The Kier molecular flexibility index (Phi) is 6.46. The van der Waals surface area contributed by atoms with Gasteiger partial charge in [-0.05, 0) is 35.9 Å². The molecular formula is C24H16F3N5O3. The van der Waals surface area contributed by atoms with Crippen molar-refractivity contribution in [2.24, 2.45) is 0 Å². The van der Waals surface area contributed by atoms with Gasteiger partial charge < -0.3 is 10.3 Å². The second kappa shape index (κ2) is 9.64. The molecule has 0 aliphatic carbocycles. The fourth-order valence-electron chi connectivity index (χ4n) is 3.60. The van der Waals surface area contributed by atoms with E-state index in [0.29, 0.717) is 4.57 Å². The molecule has 176 valence electrons. The summed E-state index contributed by atoms with van der Waals surface area (Å²) in [6.45, 7) is -0.432. The molecule has 0 aliphatic rings. The number of nitriles is 1. The molecule has 35 heavy (non-hydrogen) atoms. The highest BCUT2D eigenvalue weighted by Crippen LogP contribution is 2.17. The van der Waals surface area contributed by atoms with E-state index in [-0.39, 0.29) is 27.7 Å². The van der Waals surface area contributed by atoms with Gasteiger partial charge in [-0.1, -0.05) is 18.2 Å². The van der Waals surface area contributed by atoms with E-state index in [9.17, 15) is 27.6 Å². The van der Waals surface area contributed by atoms with Crippen LogP contribution in [-0.4, -0.2) is 20.4 Å². The molecule has 0 fully saturated rings. The first-order chi connectivity index (χ1) is 16.8. The van der Waals surface area contributed by atoms with Gasteiger partial charge in [0.15, 0.2) is 0 Å². The summed E-state index contributed by atoms with van der Waals surface area (Å²) in [5, 5.41) is 11.0. The monoisotopic (exact) mass is 479 g/mol. The molecule has 2 aromatic carbocycles. The Morgan fingerprint density at radius 2 is 1.89 bits per heavy atom. The zero-order chi connectivity index (χ0) is 25.1. The van der Waals surface area contributed by atoms with Crippen LogP contribution in [0.4, 0.5) is 13.2 Å². The van der Waals surface area contributed by atoms with Gasteiger partial charge in [-0.15, -0.1) is 0 Å². The van der Waals surface area contributed by atoms with Gasteiger partial charge in [-0.2, -0.15) is 5.26 Å². The first kappa shape index (κ1) is 23.4. The van der Waals surface area contributed by atoms with E-state index < -0.39 is 53.6 Å². The number of benzene rings is 2. The number of amides is 1. The Morgan fingerprint density at radius 3 is 2.60 bits per heavy atom. The molecule has 11 heteroatoms. The van der Waals surface area contributed by atoms with Crippen LogP contribution in [-0.2, 0) is 17.8 Å². The molecule has 4 aromatic rings. The number of H-pyrrole nitrogens is 1. The Labute approximate surface area is 195 Å². The highest BCUT2D eigenvalue weighted by molar-refractivity contribution is 5.82. The number of fused-ring (bicyclic) bond motifs is 1. The maximum absolute atomic E-state index is 14.4. The summed E-state index contributed by atoms with van der Waals surface area (Å²) < 4.78 is 42.9. The third kappa shape index (κ3) is 4.81. The predicted octanol–water partition coefficient (Wildman–Crippen LogP) is 2.47. The Hall–Kier alpha value is -4.72. The van der Waals surface area contributed by atoms with E-state index in [0.717, 1.165) is 30.5 Å². The van der Waals surface area contributed by atoms with Crippen molar-refractivity contribution >= 4 is 16.8 Å². The lowest BCUT2D eigenvalue weighted by molar-refractivity contribution is -0.124. The van der Waals surface area contributed by atoms with E-state index in [1.807, 2.05) is 0 Å². The molecule has 0 aliphatic heterocycles. The molecular weight excluding hydrogens is 463 g/mol. The van der Waals surface area contributed by atoms with E-state index in [4.69, 9.17) is 5.26 Å². The van der Waals surface area contributed by atoms with Crippen LogP contribution in [0.15, 0.2) is 64.3 Å². The number of aromatic nitrogens is 3. The highest BCUT2D eigenvalue weighted by atomic mass is 19.1. The third-order valence-corrected chi connectivity index (χ3v) is 5.35. The smallest absolute Gasteiger partial charge is 0.329 e. The Bertz CT molecular complexity index is 1610. The fourth-order valence-corrected chi connectivity index (χ4v) is 3.60. The number of halogens is 3. The van der Waals surface area contributed by atoms with Gasteiger partial charge >= 0.3 is 5.69 Å². The number of nitrogens with zero attached hydrogens (tertiary/aromatic N) is 3. The molecule has 0 saturated carbocycles. The minimum Gasteiger partial charge on any atom is -0.349 e. The van der Waals surface area contributed by atoms with Crippen molar-refractivity contribution in [1.82, 2.24) is 19.9 Å². The summed E-state index contributed by atoms with van der Waals surface area (Å²) in [4.78, 5) is 45.3. The van der Waals surface area contributed by atoms with Crippen molar-refractivity contribution in [2.75, 3.05) is 0 Å². The molecule has 2 heterocycles. The first-order valence-corrected chi connectivity index (χ1v) is 10.3. The van der Waals surface area contributed by atoms with Crippen LogP contribution in [0.2, 0.25) is 0 Å². The lowest BCUT2D eigenvalue weighted by Crippen LogP contribution is -2.45. The molecule has 1 amide bonds. The number of hydrogen-bond acceptors (Lipinski definition) is 5. The number of nitrogens with one attached hydrogen (secondary N) is 2. The molecule has 1 atom stereocenters. The summed E-state index contributed by atoms with van der Waals surface area (Å²) in [5.41, 5.74) is -2.02. The van der Waals surface area contributed by atoms with Crippen LogP contribution in [0.5, 0.6) is 0 Å². The quantitative estimate of drug-likeness (QED) is 0.440. The molecule has 0 radical (unpaired) electrons. The normalized spacial score (nSPS) is 11.7. The van der Waals surface area contributed by atoms with Crippen molar-refractivity contribution in [3.05, 3.63) is 110 Å². The third-order valence-electron chi connectivity index (χ3n) is 5.35. The van der Waals surface area contributed by atoms with Crippen LogP contribution >= 0.6 is 0 Å².